The van der Waals surface area contributed by atoms with Gasteiger partial charge in [0.05, 0.1) is 0 Å². The van der Waals surface area contributed by atoms with Crippen LogP contribution in [-0.2, 0) is 4.79 Å². The third-order valence-corrected chi connectivity index (χ3v) is 4.01. The zero-order chi connectivity index (χ0) is 15.2. The molecule has 2 aromatic carbocycles. The van der Waals surface area contributed by atoms with Crippen molar-refractivity contribution in [3.05, 3.63) is 57.5 Å². The van der Waals surface area contributed by atoms with E-state index in [-0.39, 0.29) is 5.91 Å². The highest BCUT2D eigenvalue weighted by Crippen LogP contribution is 2.23. The van der Waals surface area contributed by atoms with Crippen LogP contribution in [-0.4, -0.2) is 12.5 Å². The van der Waals surface area contributed by atoms with E-state index in [2.05, 4.69) is 26.6 Å². The van der Waals surface area contributed by atoms with Crippen LogP contribution < -0.4 is 10.6 Å². The summed E-state index contributed by atoms with van der Waals surface area (Å²) < 4.78 is 1.03. The average Bonchev–Trinajstić information content (AvgIpc) is 2.46. The molecule has 0 unspecified atom stereocenters. The summed E-state index contributed by atoms with van der Waals surface area (Å²) in [6.07, 6.45) is 0.391. The Morgan fingerprint density at radius 1 is 1.19 bits per heavy atom. The minimum atomic E-state index is -0.0371. The van der Waals surface area contributed by atoms with Crippen molar-refractivity contribution in [2.45, 2.75) is 13.3 Å². The molecule has 2 aromatic rings. The lowest BCUT2D eigenvalue weighted by Crippen LogP contribution is -2.16. The van der Waals surface area contributed by atoms with Crippen molar-refractivity contribution in [3.63, 3.8) is 0 Å². The Balaban J connectivity index is 1.82. The minimum absolute atomic E-state index is 0.0371. The molecule has 5 heteroatoms. The third-order valence-electron chi connectivity index (χ3n) is 3.07. The smallest absolute Gasteiger partial charge is 0.226 e. The fourth-order valence-corrected chi connectivity index (χ4v) is 2.28. The van der Waals surface area contributed by atoms with Gasteiger partial charge in [-0.15, -0.1) is 0 Å². The van der Waals surface area contributed by atoms with Gasteiger partial charge in [-0.1, -0.05) is 33.6 Å². The van der Waals surface area contributed by atoms with Crippen LogP contribution in [0.4, 0.5) is 11.4 Å². The maximum absolute atomic E-state index is 11.9. The number of hydrogen-bond acceptors (Lipinski definition) is 2. The minimum Gasteiger partial charge on any atom is -0.385 e. The van der Waals surface area contributed by atoms with Crippen LogP contribution in [0.25, 0.3) is 0 Å². The normalized spacial score (nSPS) is 10.2. The van der Waals surface area contributed by atoms with Crippen LogP contribution in [0.5, 0.6) is 0 Å². The van der Waals surface area contributed by atoms with E-state index in [9.17, 15) is 4.79 Å². The van der Waals surface area contributed by atoms with Gasteiger partial charge < -0.3 is 10.6 Å². The second-order valence-electron chi connectivity index (χ2n) is 4.64. The number of halogens is 2. The summed E-state index contributed by atoms with van der Waals surface area (Å²) in [4.78, 5) is 11.9. The lowest BCUT2D eigenvalue weighted by molar-refractivity contribution is -0.115. The zero-order valence-corrected chi connectivity index (χ0v) is 14.0. The highest BCUT2D eigenvalue weighted by molar-refractivity contribution is 9.10. The molecule has 0 fully saturated rings. The second-order valence-corrected chi connectivity index (χ2v) is 5.97. The molecule has 0 aliphatic heterocycles. The van der Waals surface area contributed by atoms with Gasteiger partial charge >= 0.3 is 0 Å². The highest BCUT2D eigenvalue weighted by atomic mass is 79.9. The lowest BCUT2D eigenvalue weighted by atomic mass is 10.2. The van der Waals surface area contributed by atoms with E-state index in [0.717, 1.165) is 21.4 Å². The SMILES string of the molecule is Cc1c(Cl)cccc1NC(=O)CCNc1ccc(Br)cc1. The maximum Gasteiger partial charge on any atom is 0.226 e. The van der Waals surface area contributed by atoms with E-state index in [1.54, 1.807) is 0 Å². The summed E-state index contributed by atoms with van der Waals surface area (Å²) in [5.41, 5.74) is 2.63. The van der Waals surface area contributed by atoms with Gasteiger partial charge in [0.15, 0.2) is 0 Å². The largest absolute Gasteiger partial charge is 0.385 e. The van der Waals surface area contributed by atoms with Crippen molar-refractivity contribution in [2.24, 2.45) is 0 Å². The molecule has 0 saturated heterocycles. The number of nitrogens with one attached hydrogen (secondary N) is 2. The molecule has 2 rings (SSSR count). The van der Waals surface area contributed by atoms with Crippen LogP contribution in [0.2, 0.25) is 5.02 Å². The molecule has 2 N–H and O–H groups in total. The summed E-state index contributed by atoms with van der Waals surface area (Å²) in [5.74, 6) is -0.0371. The number of hydrogen-bond donors (Lipinski definition) is 2. The number of carbonyl (C=O) groups excluding carboxylic acids is 1. The molecule has 0 aromatic heterocycles. The summed E-state index contributed by atoms with van der Waals surface area (Å²) in [6.45, 7) is 2.46. The number of rotatable bonds is 5. The van der Waals surface area contributed by atoms with E-state index >= 15 is 0 Å². The maximum atomic E-state index is 11.9. The van der Waals surface area contributed by atoms with Gasteiger partial charge in [-0.2, -0.15) is 0 Å². The highest BCUT2D eigenvalue weighted by Gasteiger charge is 2.06. The number of amides is 1. The molecule has 0 aliphatic carbocycles. The van der Waals surface area contributed by atoms with Gasteiger partial charge in [0, 0.05) is 33.8 Å². The first-order chi connectivity index (χ1) is 10.1. The second kappa shape index (κ2) is 7.48. The molecule has 0 radical (unpaired) electrons. The van der Waals surface area contributed by atoms with E-state index in [4.69, 9.17) is 11.6 Å². The first-order valence-corrected chi connectivity index (χ1v) is 7.78. The summed E-state index contributed by atoms with van der Waals surface area (Å²) >= 11 is 9.41. The molecule has 0 atom stereocenters. The van der Waals surface area contributed by atoms with Crippen molar-refractivity contribution < 1.29 is 4.79 Å². The van der Waals surface area contributed by atoms with Crippen molar-refractivity contribution >= 4 is 44.8 Å². The molecule has 110 valence electrons. The van der Waals surface area contributed by atoms with Crippen molar-refractivity contribution in [1.82, 2.24) is 0 Å². The van der Waals surface area contributed by atoms with Crippen molar-refractivity contribution in [2.75, 3.05) is 17.2 Å². The fourth-order valence-electron chi connectivity index (χ4n) is 1.84. The third kappa shape index (κ3) is 4.76. The predicted molar refractivity (Wildman–Crippen MR) is 92.1 cm³/mol. The molecular weight excluding hydrogens is 352 g/mol. The fraction of sp³-hybridized carbons (Fsp3) is 0.188. The van der Waals surface area contributed by atoms with E-state index in [0.29, 0.717) is 18.0 Å². The van der Waals surface area contributed by atoms with Crippen LogP contribution in [0.3, 0.4) is 0 Å². The standard InChI is InChI=1S/C16H16BrClN2O/c1-11-14(18)3-2-4-15(11)20-16(21)9-10-19-13-7-5-12(17)6-8-13/h2-8,19H,9-10H2,1H3,(H,20,21). The van der Waals surface area contributed by atoms with Gasteiger partial charge in [0.2, 0.25) is 5.91 Å². The van der Waals surface area contributed by atoms with Crippen LogP contribution in [0.1, 0.15) is 12.0 Å². The van der Waals surface area contributed by atoms with Gasteiger partial charge in [-0.05, 0) is 48.9 Å². The first kappa shape index (κ1) is 15.9. The van der Waals surface area contributed by atoms with Crippen LogP contribution >= 0.6 is 27.5 Å². The van der Waals surface area contributed by atoms with Crippen LogP contribution in [0, 0.1) is 6.92 Å². The Labute approximate surface area is 137 Å². The molecule has 21 heavy (non-hydrogen) atoms. The number of carbonyl (C=O) groups is 1. The molecule has 3 nitrogen and oxygen atoms in total. The molecule has 0 heterocycles. The van der Waals surface area contributed by atoms with Gasteiger partial charge in [-0.3, -0.25) is 4.79 Å². The van der Waals surface area contributed by atoms with Crippen molar-refractivity contribution in [3.8, 4) is 0 Å². The molecule has 1 amide bonds. The Morgan fingerprint density at radius 3 is 2.62 bits per heavy atom. The van der Waals surface area contributed by atoms with E-state index in [1.165, 1.54) is 0 Å². The van der Waals surface area contributed by atoms with Crippen molar-refractivity contribution in [1.29, 1.82) is 0 Å². The molecule has 0 saturated carbocycles. The summed E-state index contributed by atoms with van der Waals surface area (Å²) in [5, 5.41) is 6.74. The Hall–Kier alpha value is -1.52. The zero-order valence-electron chi connectivity index (χ0n) is 11.6. The number of anilines is 2. The monoisotopic (exact) mass is 366 g/mol. The molecular formula is C16H16BrClN2O. The molecule has 0 bridgehead atoms. The summed E-state index contributed by atoms with van der Waals surface area (Å²) in [7, 11) is 0. The topological polar surface area (TPSA) is 41.1 Å². The van der Waals surface area contributed by atoms with E-state index < -0.39 is 0 Å². The first-order valence-electron chi connectivity index (χ1n) is 6.60. The number of benzene rings is 2. The van der Waals surface area contributed by atoms with Crippen LogP contribution in [0.15, 0.2) is 46.9 Å². The molecule has 0 aliphatic rings. The van der Waals surface area contributed by atoms with Gasteiger partial charge in [-0.25, -0.2) is 0 Å². The van der Waals surface area contributed by atoms with Gasteiger partial charge in [0.25, 0.3) is 0 Å². The lowest BCUT2D eigenvalue weighted by Gasteiger charge is -2.10. The van der Waals surface area contributed by atoms with Gasteiger partial charge in [0.1, 0.15) is 0 Å². The quantitative estimate of drug-likeness (QED) is 0.793. The Bertz CT molecular complexity index is 629. The van der Waals surface area contributed by atoms with E-state index in [1.807, 2.05) is 49.4 Å². The Kier molecular flexibility index (Phi) is 5.65. The summed E-state index contributed by atoms with van der Waals surface area (Å²) in [6, 6.07) is 13.3. The Morgan fingerprint density at radius 2 is 1.90 bits per heavy atom. The average molecular weight is 368 g/mol. The predicted octanol–water partition coefficient (Wildman–Crippen LogP) is 4.85. The molecule has 0 spiro atoms.